The van der Waals surface area contributed by atoms with Gasteiger partial charge in [0.05, 0.1) is 13.7 Å². The molecule has 0 aliphatic rings. The van der Waals surface area contributed by atoms with Crippen molar-refractivity contribution < 1.29 is 4.74 Å². The van der Waals surface area contributed by atoms with Crippen LogP contribution in [0.5, 0.6) is 5.75 Å². The van der Waals surface area contributed by atoms with E-state index in [2.05, 4.69) is 10.2 Å². The fourth-order valence-electron chi connectivity index (χ4n) is 1.56. The molecule has 0 bridgehead atoms. The molecule has 2 N–H and O–H groups in total. The van der Waals surface area contributed by atoms with Crippen molar-refractivity contribution in [1.82, 2.24) is 15.0 Å². The van der Waals surface area contributed by atoms with Crippen LogP contribution in [0, 0.1) is 0 Å². The molecule has 1 aromatic carbocycles. The lowest BCUT2D eigenvalue weighted by molar-refractivity contribution is 0.415. The molecule has 2 aromatic rings. The fraction of sp³-hybridized carbons (Fsp3) is 0.455. The molecule has 5 heteroatoms. The Kier molecular flexibility index (Phi) is 3.36. The molecule has 0 amide bonds. The standard InChI is InChI=1S/C11H16N4O/c1-16-9-4-5-10-11(8-9)14-15(13-10)7-3-2-6-12/h4-5,8H,2-3,6-7,12H2,1H3. The van der Waals surface area contributed by atoms with Crippen LogP contribution in [0.25, 0.3) is 11.0 Å². The van der Waals surface area contributed by atoms with E-state index < -0.39 is 0 Å². The van der Waals surface area contributed by atoms with E-state index in [1.54, 1.807) is 11.9 Å². The van der Waals surface area contributed by atoms with E-state index in [9.17, 15) is 0 Å². The molecule has 0 fully saturated rings. The molecule has 5 nitrogen and oxygen atoms in total. The van der Waals surface area contributed by atoms with E-state index in [1.165, 1.54) is 0 Å². The lowest BCUT2D eigenvalue weighted by Crippen LogP contribution is -2.05. The van der Waals surface area contributed by atoms with Crippen LogP contribution < -0.4 is 10.5 Å². The summed E-state index contributed by atoms with van der Waals surface area (Å²) in [4.78, 5) is 1.72. The summed E-state index contributed by atoms with van der Waals surface area (Å²) in [5.41, 5.74) is 7.20. The molecule has 0 saturated carbocycles. The normalized spacial score (nSPS) is 10.9. The van der Waals surface area contributed by atoms with E-state index >= 15 is 0 Å². The quantitative estimate of drug-likeness (QED) is 0.768. The molecule has 1 heterocycles. The van der Waals surface area contributed by atoms with Gasteiger partial charge in [0.25, 0.3) is 0 Å². The van der Waals surface area contributed by atoms with Gasteiger partial charge in [-0.15, -0.1) is 0 Å². The molecule has 16 heavy (non-hydrogen) atoms. The zero-order chi connectivity index (χ0) is 11.4. The number of aromatic nitrogens is 3. The summed E-state index contributed by atoms with van der Waals surface area (Å²) >= 11 is 0. The number of aryl methyl sites for hydroxylation is 1. The Hall–Kier alpha value is -1.62. The summed E-state index contributed by atoms with van der Waals surface area (Å²) in [6.07, 6.45) is 2.01. The van der Waals surface area contributed by atoms with E-state index in [0.29, 0.717) is 6.54 Å². The van der Waals surface area contributed by atoms with Crippen LogP contribution in [0.4, 0.5) is 0 Å². The zero-order valence-corrected chi connectivity index (χ0v) is 9.39. The summed E-state index contributed by atoms with van der Waals surface area (Å²) in [5, 5.41) is 8.75. The second kappa shape index (κ2) is 4.94. The maximum Gasteiger partial charge on any atom is 0.121 e. The zero-order valence-electron chi connectivity index (χ0n) is 9.39. The Balaban J connectivity index is 2.16. The molecule has 0 saturated heterocycles. The lowest BCUT2D eigenvalue weighted by Gasteiger charge is -1.96. The molecule has 0 aliphatic carbocycles. The largest absolute Gasteiger partial charge is 0.497 e. The van der Waals surface area contributed by atoms with Gasteiger partial charge < -0.3 is 10.5 Å². The van der Waals surface area contributed by atoms with Gasteiger partial charge in [-0.05, 0) is 31.5 Å². The topological polar surface area (TPSA) is 66.0 Å². The third-order valence-corrected chi connectivity index (χ3v) is 2.44. The first-order valence-corrected chi connectivity index (χ1v) is 5.42. The smallest absolute Gasteiger partial charge is 0.121 e. The van der Waals surface area contributed by atoms with Gasteiger partial charge in [-0.3, -0.25) is 0 Å². The van der Waals surface area contributed by atoms with Crippen LogP contribution in [-0.4, -0.2) is 28.6 Å². The Labute approximate surface area is 94.2 Å². The van der Waals surface area contributed by atoms with E-state index in [4.69, 9.17) is 10.5 Å². The number of benzene rings is 1. The van der Waals surface area contributed by atoms with Crippen molar-refractivity contribution in [2.75, 3.05) is 13.7 Å². The molecule has 0 radical (unpaired) electrons. The SMILES string of the molecule is COc1ccc2nn(CCCCN)nc2c1. The Morgan fingerprint density at radius 3 is 2.81 bits per heavy atom. The highest BCUT2D eigenvalue weighted by atomic mass is 16.5. The molecule has 0 unspecified atom stereocenters. The second-order valence-corrected chi connectivity index (χ2v) is 3.65. The molecule has 0 spiro atoms. The van der Waals surface area contributed by atoms with Crippen molar-refractivity contribution in [1.29, 1.82) is 0 Å². The number of hydrogen-bond acceptors (Lipinski definition) is 4. The number of unbranched alkanes of at least 4 members (excludes halogenated alkanes) is 1. The number of nitrogens with zero attached hydrogens (tertiary/aromatic N) is 3. The fourth-order valence-corrected chi connectivity index (χ4v) is 1.56. The minimum absolute atomic E-state index is 0.717. The predicted octanol–water partition coefficient (Wildman–Crippen LogP) is 1.18. The molecule has 86 valence electrons. The Morgan fingerprint density at radius 2 is 2.06 bits per heavy atom. The first kappa shape index (κ1) is 10.9. The van der Waals surface area contributed by atoms with Gasteiger partial charge in [-0.2, -0.15) is 15.0 Å². The van der Waals surface area contributed by atoms with Crippen LogP contribution in [0.1, 0.15) is 12.8 Å². The van der Waals surface area contributed by atoms with E-state index in [0.717, 1.165) is 36.2 Å². The number of methoxy groups -OCH3 is 1. The van der Waals surface area contributed by atoms with E-state index in [1.807, 2.05) is 18.2 Å². The first-order chi connectivity index (χ1) is 7.83. The highest BCUT2D eigenvalue weighted by molar-refractivity contribution is 5.75. The van der Waals surface area contributed by atoms with Crippen molar-refractivity contribution in [3.8, 4) is 5.75 Å². The Morgan fingerprint density at radius 1 is 1.25 bits per heavy atom. The summed E-state index contributed by atoms with van der Waals surface area (Å²) in [5.74, 6) is 0.807. The van der Waals surface area contributed by atoms with Gasteiger partial charge in [-0.25, -0.2) is 0 Å². The minimum atomic E-state index is 0.717. The third-order valence-electron chi connectivity index (χ3n) is 2.44. The summed E-state index contributed by atoms with van der Waals surface area (Å²) in [6, 6.07) is 5.70. The molecular weight excluding hydrogens is 204 g/mol. The van der Waals surface area contributed by atoms with Crippen LogP contribution in [0.3, 0.4) is 0 Å². The molecule has 0 aliphatic heterocycles. The number of hydrogen-bond donors (Lipinski definition) is 1. The van der Waals surface area contributed by atoms with Gasteiger partial charge in [0, 0.05) is 6.07 Å². The lowest BCUT2D eigenvalue weighted by atomic mass is 10.3. The first-order valence-electron chi connectivity index (χ1n) is 5.42. The molecule has 1 aromatic heterocycles. The summed E-state index contributed by atoms with van der Waals surface area (Å²) in [6.45, 7) is 1.53. The number of nitrogens with two attached hydrogens (primary N) is 1. The number of fused-ring (bicyclic) bond motifs is 1. The predicted molar refractivity (Wildman–Crippen MR) is 62.4 cm³/mol. The Bertz CT molecular complexity index is 466. The van der Waals surface area contributed by atoms with Gasteiger partial charge >= 0.3 is 0 Å². The van der Waals surface area contributed by atoms with Crippen molar-refractivity contribution in [2.45, 2.75) is 19.4 Å². The summed E-state index contributed by atoms with van der Waals surface area (Å²) in [7, 11) is 1.65. The minimum Gasteiger partial charge on any atom is -0.497 e. The number of ether oxygens (including phenoxy) is 1. The highest BCUT2D eigenvalue weighted by Crippen LogP contribution is 2.17. The highest BCUT2D eigenvalue weighted by Gasteiger charge is 2.03. The van der Waals surface area contributed by atoms with Crippen LogP contribution in [0.15, 0.2) is 18.2 Å². The van der Waals surface area contributed by atoms with Gasteiger partial charge in [0.15, 0.2) is 0 Å². The van der Waals surface area contributed by atoms with Gasteiger partial charge in [-0.1, -0.05) is 0 Å². The van der Waals surface area contributed by atoms with Crippen molar-refractivity contribution in [3.05, 3.63) is 18.2 Å². The maximum absolute atomic E-state index is 5.44. The van der Waals surface area contributed by atoms with Crippen molar-refractivity contribution in [3.63, 3.8) is 0 Å². The van der Waals surface area contributed by atoms with Gasteiger partial charge in [0.2, 0.25) is 0 Å². The van der Waals surface area contributed by atoms with Crippen molar-refractivity contribution in [2.24, 2.45) is 5.73 Å². The monoisotopic (exact) mass is 220 g/mol. The average molecular weight is 220 g/mol. The third kappa shape index (κ3) is 2.30. The van der Waals surface area contributed by atoms with E-state index in [-0.39, 0.29) is 0 Å². The van der Waals surface area contributed by atoms with Gasteiger partial charge in [0.1, 0.15) is 16.8 Å². The van der Waals surface area contributed by atoms with Crippen LogP contribution >= 0.6 is 0 Å². The summed E-state index contributed by atoms with van der Waals surface area (Å²) < 4.78 is 5.14. The van der Waals surface area contributed by atoms with Crippen molar-refractivity contribution >= 4 is 11.0 Å². The maximum atomic E-state index is 5.44. The number of rotatable bonds is 5. The van der Waals surface area contributed by atoms with Crippen LogP contribution in [-0.2, 0) is 6.54 Å². The second-order valence-electron chi connectivity index (χ2n) is 3.65. The molecule has 2 rings (SSSR count). The van der Waals surface area contributed by atoms with Crippen LogP contribution in [0.2, 0.25) is 0 Å². The average Bonchev–Trinajstić information content (AvgIpc) is 2.70. The molecular formula is C11H16N4O. The molecule has 0 atom stereocenters.